The minimum Gasteiger partial charge on any atom is -0.376 e. The molecule has 0 saturated heterocycles. The van der Waals surface area contributed by atoms with Crippen LogP contribution in [0.4, 0.5) is 17.1 Å². The normalized spacial score (nSPS) is 10.0. The first kappa shape index (κ1) is 17.0. The second kappa shape index (κ2) is 7.78. The van der Waals surface area contributed by atoms with Crippen LogP contribution in [0.1, 0.15) is 6.92 Å². The summed E-state index contributed by atoms with van der Waals surface area (Å²) in [5, 5.41) is 5.86. The van der Waals surface area contributed by atoms with Crippen molar-refractivity contribution in [2.24, 2.45) is 0 Å². The van der Waals surface area contributed by atoms with Gasteiger partial charge in [-0.3, -0.25) is 9.59 Å². The summed E-state index contributed by atoms with van der Waals surface area (Å²) in [6.45, 7) is 1.68. The van der Waals surface area contributed by atoms with E-state index in [1.54, 1.807) is 36.2 Å². The molecule has 2 rings (SSSR count). The van der Waals surface area contributed by atoms with Crippen LogP contribution in [0.5, 0.6) is 0 Å². The molecule has 0 fully saturated rings. The van der Waals surface area contributed by atoms with E-state index in [-0.39, 0.29) is 18.4 Å². The maximum Gasteiger partial charge on any atom is 0.243 e. The predicted octanol–water partition coefficient (Wildman–Crippen LogP) is 3.48. The van der Waals surface area contributed by atoms with E-state index in [1.165, 1.54) is 6.92 Å². The molecule has 0 radical (unpaired) electrons. The number of hydrogen-bond donors (Lipinski definition) is 2. The molecule has 2 N–H and O–H groups in total. The van der Waals surface area contributed by atoms with E-state index in [0.717, 1.165) is 15.8 Å². The van der Waals surface area contributed by atoms with Crippen molar-refractivity contribution < 1.29 is 9.59 Å². The number of carbonyl (C=O) groups excluding carboxylic acids is 2. The monoisotopic (exact) mass is 375 g/mol. The van der Waals surface area contributed by atoms with Gasteiger partial charge in [-0.1, -0.05) is 15.9 Å². The van der Waals surface area contributed by atoms with Gasteiger partial charge >= 0.3 is 0 Å². The van der Waals surface area contributed by atoms with Crippen LogP contribution in [0.25, 0.3) is 0 Å². The van der Waals surface area contributed by atoms with Crippen molar-refractivity contribution in [2.45, 2.75) is 6.92 Å². The van der Waals surface area contributed by atoms with E-state index in [9.17, 15) is 9.59 Å². The van der Waals surface area contributed by atoms with Crippen LogP contribution in [-0.4, -0.2) is 25.4 Å². The zero-order chi connectivity index (χ0) is 16.8. The Morgan fingerprint density at radius 3 is 2.13 bits per heavy atom. The molecule has 0 aromatic heterocycles. The third kappa shape index (κ3) is 5.10. The summed E-state index contributed by atoms with van der Waals surface area (Å²) in [5.41, 5.74) is 2.35. The summed E-state index contributed by atoms with van der Waals surface area (Å²) in [6, 6.07) is 14.7. The minimum absolute atomic E-state index is 0.0412. The van der Waals surface area contributed by atoms with Crippen LogP contribution in [0.15, 0.2) is 53.0 Å². The van der Waals surface area contributed by atoms with Gasteiger partial charge in [-0.25, -0.2) is 0 Å². The van der Waals surface area contributed by atoms with E-state index in [1.807, 2.05) is 24.3 Å². The van der Waals surface area contributed by atoms with Gasteiger partial charge < -0.3 is 15.5 Å². The van der Waals surface area contributed by atoms with Crippen molar-refractivity contribution in [3.05, 3.63) is 53.0 Å². The number of nitrogens with one attached hydrogen (secondary N) is 2. The lowest BCUT2D eigenvalue weighted by molar-refractivity contribution is -0.116. The zero-order valence-corrected chi connectivity index (χ0v) is 14.6. The van der Waals surface area contributed by atoms with Crippen molar-refractivity contribution >= 4 is 44.8 Å². The van der Waals surface area contributed by atoms with Crippen LogP contribution >= 0.6 is 15.9 Å². The summed E-state index contributed by atoms with van der Waals surface area (Å²) in [4.78, 5) is 24.8. The van der Waals surface area contributed by atoms with Crippen LogP contribution in [-0.2, 0) is 9.59 Å². The van der Waals surface area contributed by atoms with E-state index in [4.69, 9.17) is 0 Å². The Morgan fingerprint density at radius 2 is 1.57 bits per heavy atom. The zero-order valence-electron chi connectivity index (χ0n) is 13.0. The summed E-state index contributed by atoms with van der Waals surface area (Å²) >= 11 is 3.36. The van der Waals surface area contributed by atoms with Gasteiger partial charge in [0.2, 0.25) is 11.8 Å². The molecule has 0 spiro atoms. The van der Waals surface area contributed by atoms with Gasteiger partial charge in [-0.05, 0) is 48.5 Å². The van der Waals surface area contributed by atoms with Crippen molar-refractivity contribution in [3.8, 4) is 0 Å². The SMILES string of the molecule is CC(=O)N(C)c1ccc(NC(=O)CNc2ccc(Br)cc2)cc1. The Balaban J connectivity index is 1.87. The van der Waals surface area contributed by atoms with Gasteiger partial charge in [0, 0.05) is 35.5 Å². The van der Waals surface area contributed by atoms with Gasteiger partial charge in [0.15, 0.2) is 0 Å². The molecular formula is C17H18BrN3O2. The predicted molar refractivity (Wildman–Crippen MR) is 96.8 cm³/mol. The molecule has 23 heavy (non-hydrogen) atoms. The van der Waals surface area contributed by atoms with Crippen LogP contribution < -0.4 is 15.5 Å². The van der Waals surface area contributed by atoms with Gasteiger partial charge in [0.25, 0.3) is 0 Å². The van der Waals surface area contributed by atoms with Crippen molar-refractivity contribution in [1.82, 2.24) is 0 Å². The van der Waals surface area contributed by atoms with E-state index >= 15 is 0 Å². The smallest absolute Gasteiger partial charge is 0.243 e. The van der Waals surface area contributed by atoms with E-state index in [0.29, 0.717) is 5.69 Å². The van der Waals surface area contributed by atoms with Crippen molar-refractivity contribution in [1.29, 1.82) is 0 Å². The summed E-state index contributed by atoms with van der Waals surface area (Å²) in [7, 11) is 1.71. The largest absolute Gasteiger partial charge is 0.376 e. The Bertz CT molecular complexity index is 684. The third-order valence-corrected chi connectivity index (χ3v) is 3.84. The molecule has 6 heteroatoms. The van der Waals surface area contributed by atoms with E-state index < -0.39 is 0 Å². The number of rotatable bonds is 5. The number of carbonyl (C=O) groups is 2. The summed E-state index contributed by atoms with van der Waals surface area (Å²) < 4.78 is 0.989. The molecular weight excluding hydrogens is 358 g/mol. The van der Waals surface area contributed by atoms with Gasteiger partial charge in [0.05, 0.1) is 6.54 Å². The lowest BCUT2D eigenvalue weighted by Gasteiger charge is -2.15. The standard InChI is InChI=1S/C17H18BrN3O2/c1-12(22)21(2)16-9-7-15(8-10-16)20-17(23)11-19-14-5-3-13(18)4-6-14/h3-10,19H,11H2,1-2H3,(H,20,23). The van der Waals surface area contributed by atoms with Gasteiger partial charge in [-0.2, -0.15) is 0 Å². The van der Waals surface area contributed by atoms with Gasteiger partial charge in [-0.15, -0.1) is 0 Å². The molecule has 0 unspecified atom stereocenters. The molecule has 0 atom stereocenters. The molecule has 0 aliphatic heterocycles. The second-order valence-electron chi connectivity index (χ2n) is 5.03. The van der Waals surface area contributed by atoms with Crippen LogP contribution in [0.2, 0.25) is 0 Å². The highest BCUT2D eigenvalue weighted by Crippen LogP contribution is 2.17. The fourth-order valence-corrected chi connectivity index (χ4v) is 2.17. The molecule has 0 bridgehead atoms. The van der Waals surface area contributed by atoms with Crippen molar-refractivity contribution in [3.63, 3.8) is 0 Å². The first-order chi connectivity index (χ1) is 11.0. The van der Waals surface area contributed by atoms with Gasteiger partial charge in [0.1, 0.15) is 0 Å². The molecule has 120 valence electrons. The fourth-order valence-electron chi connectivity index (χ4n) is 1.91. The summed E-state index contributed by atoms with van der Waals surface area (Å²) in [5.74, 6) is -0.180. The average molecular weight is 376 g/mol. The Morgan fingerprint density at radius 1 is 1.00 bits per heavy atom. The number of anilines is 3. The number of amides is 2. The molecule has 2 aromatic carbocycles. The average Bonchev–Trinajstić information content (AvgIpc) is 2.54. The van der Waals surface area contributed by atoms with Crippen molar-refractivity contribution in [2.75, 3.05) is 29.1 Å². The van der Waals surface area contributed by atoms with Crippen LogP contribution in [0, 0.1) is 0 Å². The number of hydrogen-bond acceptors (Lipinski definition) is 3. The highest BCUT2D eigenvalue weighted by molar-refractivity contribution is 9.10. The highest BCUT2D eigenvalue weighted by atomic mass is 79.9. The van der Waals surface area contributed by atoms with E-state index in [2.05, 4.69) is 26.6 Å². The Kier molecular flexibility index (Phi) is 5.76. The molecule has 2 aromatic rings. The Hall–Kier alpha value is -2.34. The maximum absolute atomic E-state index is 11.9. The third-order valence-electron chi connectivity index (χ3n) is 3.31. The molecule has 0 heterocycles. The van der Waals surface area contributed by atoms with Crippen LogP contribution in [0.3, 0.4) is 0 Å². The first-order valence-corrected chi connectivity index (χ1v) is 7.88. The number of nitrogens with zero attached hydrogens (tertiary/aromatic N) is 1. The Labute approximate surface area is 143 Å². The minimum atomic E-state index is -0.138. The quantitative estimate of drug-likeness (QED) is 0.840. The molecule has 0 aliphatic carbocycles. The topological polar surface area (TPSA) is 61.4 Å². The molecule has 0 saturated carbocycles. The lowest BCUT2D eigenvalue weighted by Crippen LogP contribution is -2.23. The number of halogens is 1. The first-order valence-electron chi connectivity index (χ1n) is 7.09. The second-order valence-corrected chi connectivity index (χ2v) is 5.95. The highest BCUT2D eigenvalue weighted by Gasteiger charge is 2.06. The molecule has 5 nitrogen and oxygen atoms in total. The molecule has 2 amide bonds. The fraction of sp³-hybridized carbons (Fsp3) is 0.176. The maximum atomic E-state index is 11.9. The summed E-state index contributed by atoms with van der Waals surface area (Å²) in [6.07, 6.45) is 0. The lowest BCUT2D eigenvalue weighted by atomic mass is 10.2. The molecule has 0 aliphatic rings. The number of benzene rings is 2.